The quantitative estimate of drug-likeness (QED) is 0.562. The van der Waals surface area contributed by atoms with E-state index < -0.39 is 21.6 Å². The SMILES string of the molecule is O=C(O)c1ccc(-n2cc(S(=O)(=O)c3c(Cl)cccc3Cl)c3c2CCCC3)c(F)c1. The second-order valence-electron chi connectivity index (χ2n) is 7.02. The number of rotatable bonds is 4. The molecule has 1 aromatic heterocycles. The van der Waals surface area contributed by atoms with Gasteiger partial charge in [0.15, 0.2) is 0 Å². The van der Waals surface area contributed by atoms with E-state index in [1.165, 1.54) is 35.0 Å². The van der Waals surface area contributed by atoms with Gasteiger partial charge in [0.2, 0.25) is 9.84 Å². The van der Waals surface area contributed by atoms with Crippen molar-refractivity contribution in [2.24, 2.45) is 0 Å². The molecular formula is C21H16Cl2FNO4S. The van der Waals surface area contributed by atoms with Crippen molar-refractivity contribution in [2.75, 3.05) is 0 Å². The molecule has 0 fully saturated rings. The van der Waals surface area contributed by atoms with Crippen molar-refractivity contribution in [1.29, 1.82) is 0 Å². The first-order chi connectivity index (χ1) is 14.2. The van der Waals surface area contributed by atoms with Crippen LogP contribution in [0, 0.1) is 5.82 Å². The molecule has 0 bridgehead atoms. The molecule has 0 spiro atoms. The minimum Gasteiger partial charge on any atom is -0.478 e. The van der Waals surface area contributed by atoms with Crippen molar-refractivity contribution < 1.29 is 22.7 Å². The highest BCUT2D eigenvalue weighted by Crippen LogP contribution is 2.39. The standard InChI is InChI=1S/C21H16Cl2FNO4S/c22-14-5-3-6-15(23)20(14)30(28,29)19-11-25(17-7-2-1-4-13(17)19)18-9-8-12(21(26)27)10-16(18)24/h3,5-6,8-11H,1-2,4,7H2,(H,26,27). The zero-order chi connectivity index (χ0) is 21.6. The summed E-state index contributed by atoms with van der Waals surface area (Å²) in [4.78, 5) is 11.0. The summed E-state index contributed by atoms with van der Waals surface area (Å²) in [5.41, 5.74) is 1.20. The number of sulfone groups is 1. The molecule has 2 aromatic carbocycles. The molecule has 5 nitrogen and oxygen atoms in total. The van der Waals surface area contributed by atoms with Crippen LogP contribution in [-0.2, 0) is 22.7 Å². The molecule has 3 aromatic rings. The minimum absolute atomic E-state index is 0.0109. The van der Waals surface area contributed by atoms with Crippen LogP contribution in [0.2, 0.25) is 10.0 Å². The molecule has 30 heavy (non-hydrogen) atoms. The van der Waals surface area contributed by atoms with Crippen LogP contribution in [0.4, 0.5) is 4.39 Å². The summed E-state index contributed by atoms with van der Waals surface area (Å²) in [6, 6.07) is 8.01. The predicted molar refractivity (Wildman–Crippen MR) is 111 cm³/mol. The molecule has 4 rings (SSSR count). The van der Waals surface area contributed by atoms with Crippen LogP contribution in [0.5, 0.6) is 0 Å². The maximum atomic E-state index is 14.7. The average Bonchev–Trinajstić information content (AvgIpc) is 3.08. The maximum Gasteiger partial charge on any atom is 0.335 e. The molecule has 0 radical (unpaired) electrons. The second-order valence-corrected chi connectivity index (χ2v) is 9.69. The molecule has 0 atom stereocenters. The zero-order valence-corrected chi connectivity index (χ0v) is 17.9. The summed E-state index contributed by atoms with van der Waals surface area (Å²) in [5, 5.41) is 9.10. The third-order valence-electron chi connectivity index (χ3n) is 5.20. The van der Waals surface area contributed by atoms with Gasteiger partial charge in [-0.2, -0.15) is 0 Å². The van der Waals surface area contributed by atoms with Crippen LogP contribution in [0.15, 0.2) is 52.4 Å². The highest BCUT2D eigenvalue weighted by molar-refractivity contribution is 7.91. The highest BCUT2D eigenvalue weighted by Gasteiger charge is 2.32. The molecule has 0 aliphatic heterocycles. The number of carboxylic acids is 1. The Morgan fingerprint density at radius 2 is 1.73 bits per heavy atom. The van der Waals surface area contributed by atoms with Crippen molar-refractivity contribution in [3.8, 4) is 5.69 Å². The number of fused-ring (bicyclic) bond motifs is 1. The molecule has 0 unspecified atom stereocenters. The fraction of sp³-hybridized carbons (Fsp3) is 0.190. The predicted octanol–water partition coefficient (Wildman–Crippen LogP) is 5.33. The lowest BCUT2D eigenvalue weighted by atomic mass is 9.98. The smallest absolute Gasteiger partial charge is 0.335 e. The Bertz CT molecular complexity index is 1260. The number of hydrogen-bond donors (Lipinski definition) is 1. The fourth-order valence-electron chi connectivity index (χ4n) is 3.82. The monoisotopic (exact) mass is 467 g/mol. The molecule has 0 saturated carbocycles. The van der Waals surface area contributed by atoms with Gasteiger partial charge in [0.25, 0.3) is 0 Å². The number of nitrogens with zero attached hydrogens (tertiary/aromatic N) is 1. The third-order valence-corrected chi connectivity index (χ3v) is 7.97. The molecule has 0 amide bonds. The molecule has 1 heterocycles. The van der Waals surface area contributed by atoms with Crippen LogP contribution in [0.25, 0.3) is 5.69 Å². The molecule has 1 aliphatic carbocycles. The summed E-state index contributed by atoms with van der Waals surface area (Å²) >= 11 is 12.3. The van der Waals surface area contributed by atoms with E-state index in [-0.39, 0.29) is 31.1 Å². The topological polar surface area (TPSA) is 76.4 Å². The third kappa shape index (κ3) is 3.41. The number of benzene rings is 2. The van der Waals surface area contributed by atoms with Crippen molar-refractivity contribution in [3.63, 3.8) is 0 Å². The van der Waals surface area contributed by atoms with Gasteiger partial charge in [0.05, 0.1) is 26.2 Å². The van der Waals surface area contributed by atoms with Gasteiger partial charge in [0.1, 0.15) is 10.7 Å². The first-order valence-corrected chi connectivity index (χ1v) is 11.4. The van der Waals surface area contributed by atoms with Gasteiger partial charge in [-0.25, -0.2) is 17.6 Å². The molecule has 156 valence electrons. The molecule has 1 aliphatic rings. The van der Waals surface area contributed by atoms with E-state index in [0.29, 0.717) is 24.1 Å². The second kappa shape index (κ2) is 7.72. The van der Waals surface area contributed by atoms with Gasteiger partial charge in [0, 0.05) is 11.9 Å². The largest absolute Gasteiger partial charge is 0.478 e. The van der Waals surface area contributed by atoms with Crippen LogP contribution < -0.4 is 0 Å². The zero-order valence-electron chi connectivity index (χ0n) is 15.5. The van der Waals surface area contributed by atoms with Gasteiger partial charge in [-0.1, -0.05) is 29.3 Å². The van der Waals surface area contributed by atoms with Crippen LogP contribution in [0.3, 0.4) is 0 Å². The number of hydrogen-bond acceptors (Lipinski definition) is 3. The van der Waals surface area contributed by atoms with E-state index in [1.54, 1.807) is 6.07 Å². The lowest BCUT2D eigenvalue weighted by molar-refractivity contribution is 0.0696. The Morgan fingerprint density at radius 1 is 1.07 bits per heavy atom. The molecule has 0 saturated heterocycles. The van der Waals surface area contributed by atoms with Crippen LogP contribution in [-0.4, -0.2) is 24.1 Å². The van der Waals surface area contributed by atoms with E-state index >= 15 is 0 Å². The number of aromatic nitrogens is 1. The Balaban J connectivity index is 1.95. The number of halogens is 3. The Labute approximate surface area is 182 Å². The molecule has 1 N–H and O–H groups in total. The normalized spacial score (nSPS) is 13.8. The van der Waals surface area contributed by atoms with E-state index in [2.05, 4.69) is 0 Å². The van der Waals surface area contributed by atoms with E-state index in [9.17, 15) is 17.6 Å². The fourth-order valence-corrected chi connectivity index (χ4v) is 6.49. The first kappa shape index (κ1) is 20.9. The minimum atomic E-state index is -4.06. The first-order valence-electron chi connectivity index (χ1n) is 9.17. The Hall–Kier alpha value is -2.35. The van der Waals surface area contributed by atoms with E-state index in [4.69, 9.17) is 28.3 Å². The summed E-state index contributed by atoms with van der Waals surface area (Å²) in [6.07, 6.45) is 4.10. The van der Waals surface area contributed by atoms with Crippen LogP contribution in [0.1, 0.15) is 34.5 Å². The number of carbonyl (C=O) groups is 1. The van der Waals surface area contributed by atoms with Gasteiger partial charge < -0.3 is 9.67 Å². The van der Waals surface area contributed by atoms with Crippen molar-refractivity contribution >= 4 is 39.0 Å². The van der Waals surface area contributed by atoms with Crippen molar-refractivity contribution in [3.05, 3.63) is 75.3 Å². The summed E-state index contributed by atoms with van der Waals surface area (Å²) in [7, 11) is -4.06. The lowest BCUT2D eigenvalue weighted by Gasteiger charge is -2.17. The van der Waals surface area contributed by atoms with Crippen LogP contribution >= 0.6 is 23.2 Å². The number of carboxylic acid groups (broad SMARTS) is 1. The van der Waals surface area contributed by atoms with Gasteiger partial charge in [-0.3, -0.25) is 0 Å². The van der Waals surface area contributed by atoms with Gasteiger partial charge >= 0.3 is 5.97 Å². The lowest BCUT2D eigenvalue weighted by Crippen LogP contribution is -2.10. The summed E-state index contributed by atoms with van der Waals surface area (Å²) < 4.78 is 43.2. The van der Waals surface area contributed by atoms with Crippen molar-refractivity contribution in [2.45, 2.75) is 35.5 Å². The Morgan fingerprint density at radius 3 is 2.37 bits per heavy atom. The van der Waals surface area contributed by atoms with Gasteiger partial charge in [-0.05, 0) is 61.6 Å². The summed E-state index contributed by atoms with van der Waals surface area (Å²) in [6.45, 7) is 0. The molecular weight excluding hydrogens is 452 g/mol. The molecule has 9 heteroatoms. The summed E-state index contributed by atoms with van der Waals surface area (Å²) in [5.74, 6) is -2.00. The highest BCUT2D eigenvalue weighted by atomic mass is 35.5. The van der Waals surface area contributed by atoms with E-state index in [1.807, 2.05) is 0 Å². The van der Waals surface area contributed by atoms with Gasteiger partial charge in [-0.15, -0.1) is 0 Å². The number of aromatic carboxylic acids is 1. The van der Waals surface area contributed by atoms with E-state index in [0.717, 1.165) is 18.9 Å². The Kier molecular flexibility index (Phi) is 5.38. The van der Waals surface area contributed by atoms with Crippen molar-refractivity contribution in [1.82, 2.24) is 4.57 Å². The maximum absolute atomic E-state index is 14.7. The average molecular weight is 468 g/mol.